The van der Waals surface area contributed by atoms with Crippen LogP contribution in [0.1, 0.15) is 69.5 Å². The van der Waals surface area contributed by atoms with Crippen molar-refractivity contribution >= 4 is 24.9 Å². The Morgan fingerprint density at radius 3 is 2.69 bits per heavy atom. The van der Waals surface area contributed by atoms with Crippen molar-refractivity contribution in [2.75, 3.05) is 25.5 Å². The van der Waals surface area contributed by atoms with Gasteiger partial charge in [-0.15, -0.1) is 0 Å². The van der Waals surface area contributed by atoms with Crippen LogP contribution >= 0.6 is 0 Å². The van der Waals surface area contributed by atoms with E-state index in [1.165, 1.54) is 25.7 Å². The zero-order valence-corrected chi connectivity index (χ0v) is 23.2. The Morgan fingerprint density at radius 2 is 2.00 bits per heavy atom. The summed E-state index contributed by atoms with van der Waals surface area (Å²) in [6.45, 7) is 11.7. The van der Waals surface area contributed by atoms with E-state index in [0.29, 0.717) is 36.3 Å². The van der Waals surface area contributed by atoms with Crippen molar-refractivity contribution in [3.8, 4) is 12.1 Å². The molecule has 0 bridgehead atoms. The second-order valence-electron chi connectivity index (χ2n) is 10.9. The van der Waals surface area contributed by atoms with E-state index in [4.69, 9.17) is 20.2 Å². The van der Waals surface area contributed by atoms with Gasteiger partial charge in [0.05, 0.1) is 6.61 Å². The summed E-state index contributed by atoms with van der Waals surface area (Å²) in [5, 5.41) is 13.8. The molecule has 3 N–H and O–H groups in total. The van der Waals surface area contributed by atoms with E-state index in [9.17, 15) is 5.26 Å². The fraction of sp³-hybridized carbons (Fsp3) is 0.731. The molecule has 1 unspecified atom stereocenters. The first-order valence-corrected chi connectivity index (χ1v) is 17.1. The molecule has 1 aliphatic rings. The number of nitrogens with two attached hydrogens (primary N) is 1. The van der Waals surface area contributed by atoms with E-state index in [-0.39, 0.29) is 12.7 Å². The summed E-state index contributed by atoms with van der Waals surface area (Å²) in [5.41, 5.74) is 9.33. The first kappa shape index (κ1) is 27.4. The minimum Gasteiger partial charge on any atom is -0.463 e. The molecule has 0 radical (unpaired) electrons. The Balaban J connectivity index is 1.82. The fourth-order valence-corrected chi connectivity index (χ4v) is 5.33. The summed E-state index contributed by atoms with van der Waals surface area (Å²) in [6.07, 6.45) is 9.88. The molecule has 2 aromatic rings. The third kappa shape index (κ3) is 7.92. The zero-order valence-electron chi connectivity index (χ0n) is 22.2. The van der Waals surface area contributed by atoms with E-state index in [1.54, 1.807) is 0 Å². The van der Waals surface area contributed by atoms with Crippen molar-refractivity contribution in [2.45, 2.75) is 103 Å². The summed E-state index contributed by atoms with van der Waals surface area (Å²) in [4.78, 5) is 9.13. The standard InChI is InChI=1S/C26H44N6O2Si/c1-5-6-15-34-26-30-23-21(13-8-7-11-20-12-9-10-14-29-20)22(18-27)32(24(23)25(28)31-26)19-33-16-17-35(2,3)4/h20,29H,5-17,19H2,1-4H3,(H2,28,30,31). The lowest BCUT2D eigenvalue weighted by Gasteiger charge is -2.23. The number of piperidine rings is 1. The molecule has 1 aliphatic heterocycles. The van der Waals surface area contributed by atoms with E-state index >= 15 is 0 Å². The second-order valence-corrected chi connectivity index (χ2v) is 16.5. The van der Waals surface area contributed by atoms with Crippen LogP contribution in [0.3, 0.4) is 0 Å². The maximum atomic E-state index is 10.1. The number of anilines is 1. The molecule has 2 aromatic heterocycles. The highest BCUT2D eigenvalue weighted by molar-refractivity contribution is 6.76. The third-order valence-corrected chi connectivity index (χ3v) is 8.40. The minimum atomic E-state index is -1.21. The van der Waals surface area contributed by atoms with Crippen molar-refractivity contribution in [1.82, 2.24) is 19.9 Å². The molecule has 9 heteroatoms. The van der Waals surface area contributed by atoms with Crippen LogP contribution < -0.4 is 15.8 Å². The molecule has 0 aromatic carbocycles. The lowest BCUT2D eigenvalue weighted by Crippen LogP contribution is -2.33. The van der Waals surface area contributed by atoms with E-state index in [0.717, 1.165) is 55.8 Å². The quantitative estimate of drug-likeness (QED) is 0.270. The molecule has 1 atom stereocenters. The SMILES string of the molecule is CCCCOc1nc(N)c2c(n1)c(CCCCC1CCCCN1)c(C#N)n2COCC[Si](C)(C)C. The van der Waals surface area contributed by atoms with Gasteiger partial charge in [0.15, 0.2) is 5.82 Å². The van der Waals surface area contributed by atoms with Crippen molar-refractivity contribution in [3.63, 3.8) is 0 Å². The van der Waals surface area contributed by atoms with Gasteiger partial charge in [-0.05, 0) is 51.1 Å². The summed E-state index contributed by atoms with van der Waals surface area (Å²) in [5.74, 6) is 0.337. The van der Waals surface area contributed by atoms with Crippen LogP contribution in [0.4, 0.5) is 5.82 Å². The molecule has 1 fully saturated rings. The smallest absolute Gasteiger partial charge is 0.319 e. The van der Waals surface area contributed by atoms with Gasteiger partial charge < -0.3 is 25.1 Å². The normalized spacial score (nSPS) is 16.5. The predicted molar refractivity (Wildman–Crippen MR) is 144 cm³/mol. The predicted octanol–water partition coefficient (Wildman–Crippen LogP) is 5.23. The molecule has 35 heavy (non-hydrogen) atoms. The van der Waals surface area contributed by atoms with Crippen LogP contribution in [0.2, 0.25) is 25.7 Å². The van der Waals surface area contributed by atoms with E-state index in [2.05, 4.69) is 42.9 Å². The number of fused-ring (bicyclic) bond motifs is 1. The van der Waals surface area contributed by atoms with Gasteiger partial charge in [0.1, 0.15) is 29.5 Å². The van der Waals surface area contributed by atoms with Crippen LogP contribution in [0.25, 0.3) is 11.0 Å². The van der Waals surface area contributed by atoms with Crippen molar-refractivity contribution in [2.24, 2.45) is 0 Å². The third-order valence-electron chi connectivity index (χ3n) is 6.70. The number of hydrogen-bond acceptors (Lipinski definition) is 7. The van der Waals surface area contributed by atoms with Gasteiger partial charge in [0.2, 0.25) is 0 Å². The lowest BCUT2D eigenvalue weighted by molar-refractivity contribution is 0.0896. The first-order chi connectivity index (χ1) is 16.8. The summed E-state index contributed by atoms with van der Waals surface area (Å²) < 4.78 is 13.7. The van der Waals surface area contributed by atoms with Crippen LogP contribution in [0, 0.1) is 11.3 Å². The average Bonchev–Trinajstić information content (AvgIpc) is 3.12. The van der Waals surface area contributed by atoms with Gasteiger partial charge in [0.25, 0.3) is 0 Å². The van der Waals surface area contributed by atoms with Gasteiger partial charge in [-0.2, -0.15) is 15.2 Å². The van der Waals surface area contributed by atoms with Crippen LogP contribution in [-0.2, 0) is 17.9 Å². The lowest BCUT2D eigenvalue weighted by atomic mass is 9.98. The minimum absolute atomic E-state index is 0.277. The molecule has 8 nitrogen and oxygen atoms in total. The Morgan fingerprint density at radius 1 is 1.17 bits per heavy atom. The molecule has 3 rings (SSSR count). The largest absolute Gasteiger partial charge is 0.463 e. The Hall–Kier alpha value is -2.15. The zero-order chi connectivity index (χ0) is 25.3. The van der Waals surface area contributed by atoms with Crippen LogP contribution in [0.5, 0.6) is 6.01 Å². The molecule has 0 aliphatic carbocycles. The Kier molecular flexibility index (Phi) is 10.4. The molecule has 194 valence electrons. The van der Waals surface area contributed by atoms with Crippen LogP contribution in [0.15, 0.2) is 0 Å². The maximum absolute atomic E-state index is 10.1. The highest BCUT2D eigenvalue weighted by Gasteiger charge is 2.23. The molecule has 1 saturated heterocycles. The molecule has 0 spiro atoms. The monoisotopic (exact) mass is 500 g/mol. The Labute approximate surface area is 211 Å². The van der Waals surface area contributed by atoms with Crippen LogP contribution in [-0.4, -0.2) is 48.4 Å². The maximum Gasteiger partial charge on any atom is 0.319 e. The van der Waals surface area contributed by atoms with Crippen molar-refractivity contribution in [3.05, 3.63) is 11.3 Å². The molecule has 0 saturated carbocycles. The highest BCUT2D eigenvalue weighted by atomic mass is 28.3. The molecular weight excluding hydrogens is 456 g/mol. The summed E-state index contributed by atoms with van der Waals surface area (Å²) in [6, 6.07) is 4.39. The number of ether oxygens (including phenoxy) is 2. The topological polar surface area (TPSA) is 111 Å². The Bertz CT molecular complexity index is 989. The number of rotatable bonds is 14. The number of nitrogens with zero attached hydrogens (tertiary/aromatic N) is 4. The van der Waals surface area contributed by atoms with Gasteiger partial charge in [-0.3, -0.25) is 0 Å². The van der Waals surface area contributed by atoms with Gasteiger partial charge in [-0.1, -0.05) is 45.8 Å². The fourth-order valence-electron chi connectivity index (χ4n) is 4.58. The van der Waals surface area contributed by atoms with Gasteiger partial charge in [-0.25, -0.2) is 0 Å². The van der Waals surface area contributed by atoms with Crippen molar-refractivity contribution < 1.29 is 9.47 Å². The average molecular weight is 501 g/mol. The number of nitrogen functional groups attached to an aromatic ring is 1. The number of aromatic nitrogens is 3. The number of unbranched alkanes of at least 4 members (excludes halogenated alkanes) is 2. The summed E-state index contributed by atoms with van der Waals surface area (Å²) >= 11 is 0. The number of nitrogens with one attached hydrogen (secondary N) is 1. The second kappa shape index (κ2) is 13.2. The number of hydrogen-bond donors (Lipinski definition) is 2. The van der Waals surface area contributed by atoms with E-state index in [1.807, 2.05) is 4.57 Å². The van der Waals surface area contributed by atoms with Gasteiger partial charge >= 0.3 is 6.01 Å². The number of aryl methyl sites for hydroxylation is 1. The summed E-state index contributed by atoms with van der Waals surface area (Å²) in [7, 11) is -1.21. The number of nitriles is 1. The highest BCUT2D eigenvalue weighted by Crippen LogP contribution is 2.31. The van der Waals surface area contributed by atoms with Crippen molar-refractivity contribution in [1.29, 1.82) is 5.26 Å². The molecular formula is C26H44N6O2Si. The molecule has 0 amide bonds. The van der Waals surface area contributed by atoms with Gasteiger partial charge in [0, 0.05) is 26.3 Å². The first-order valence-electron chi connectivity index (χ1n) is 13.4. The van der Waals surface area contributed by atoms with E-state index < -0.39 is 8.07 Å². The molecule has 3 heterocycles.